The number of hydrogen-bond acceptors (Lipinski definition) is 3. The number of carbonyl (C=O) groups excluding carboxylic acids is 2. The van der Waals surface area contributed by atoms with Crippen LogP contribution in [0.1, 0.15) is 51.9 Å². The minimum Gasteiger partial charge on any atom is -0.466 e. The predicted octanol–water partition coefficient (Wildman–Crippen LogP) is 3.28. The molecule has 0 atom stereocenters. The predicted molar refractivity (Wildman–Crippen MR) is 66.3 cm³/mol. The van der Waals surface area contributed by atoms with Gasteiger partial charge in [0.1, 0.15) is 6.29 Å². The molecule has 0 aliphatic heterocycles. The number of rotatable bonds is 9. The average molecular weight is 228 g/mol. The monoisotopic (exact) mass is 228 g/mol. The zero-order valence-corrected chi connectivity index (χ0v) is 10.4. The summed E-state index contributed by atoms with van der Waals surface area (Å²) in [6.07, 6.45) is 8.20. The van der Waals surface area contributed by atoms with Crippen LogP contribution in [0.3, 0.4) is 0 Å². The van der Waals surface area contributed by atoms with Crippen LogP contribution in [0.2, 0.25) is 0 Å². The molecule has 0 saturated heterocycles. The van der Waals surface area contributed by atoms with Gasteiger partial charge in [-0.15, -0.1) is 13.2 Å². The first-order valence-electron chi connectivity index (χ1n) is 5.84. The van der Waals surface area contributed by atoms with Gasteiger partial charge in [-0.25, -0.2) is 0 Å². The van der Waals surface area contributed by atoms with Crippen molar-refractivity contribution in [3.8, 4) is 0 Å². The van der Waals surface area contributed by atoms with Crippen molar-refractivity contribution in [2.45, 2.75) is 51.9 Å². The second kappa shape index (κ2) is 16.3. The van der Waals surface area contributed by atoms with Gasteiger partial charge in [0.05, 0.1) is 6.61 Å². The van der Waals surface area contributed by atoms with Crippen molar-refractivity contribution in [3.63, 3.8) is 0 Å². The molecule has 0 aromatic carbocycles. The van der Waals surface area contributed by atoms with E-state index in [1.165, 1.54) is 19.8 Å². The van der Waals surface area contributed by atoms with Crippen LogP contribution in [0, 0.1) is 0 Å². The third kappa shape index (κ3) is 18.6. The van der Waals surface area contributed by atoms with E-state index in [0.717, 1.165) is 32.0 Å². The summed E-state index contributed by atoms with van der Waals surface area (Å²) < 4.78 is 4.80. The Balaban J connectivity index is 0. The molecule has 0 amide bonds. The average Bonchev–Trinajstić information content (AvgIpc) is 2.29. The number of unbranched alkanes of at least 4 members (excludes halogenated alkanes) is 6. The lowest BCUT2D eigenvalue weighted by molar-refractivity contribution is -0.141. The van der Waals surface area contributed by atoms with Crippen LogP contribution < -0.4 is 0 Å². The van der Waals surface area contributed by atoms with Crippen molar-refractivity contribution in [2.24, 2.45) is 0 Å². The summed E-state index contributed by atoms with van der Waals surface area (Å²) in [5.74, 6) is -0.198. The molecule has 0 radical (unpaired) electrons. The minimum atomic E-state index is -0.198. The van der Waals surface area contributed by atoms with Gasteiger partial charge in [-0.3, -0.25) is 4.79 Å². The Morgan fingerprint density at radius 2 is 1.56 bits per heavy atom. The second-order valence-corrected chi connectivity index (χ2v) is 3.42. The Hall–Kier alpha value is -1.12. The largest absolute Gasteiger partial charge is 0.466 e. The van der Waals surface area contributed by atoms with Gasteiger partial charge in [-0.2, -0.15) is 0 Å². The molecule has 0 aromatic heterocycles. The Bertz CT molecular complexity index is 167. The van der Waals surface area contributed by atoms with Crippen molar-refractivity contribution in [2.75, 3.05) is 6.61 Å². The topological polar surface area (TPSA) is 43.4 Å². The van der Waals surface area contributed by atoms with Gasteiger partial charge < -0.3 is 9.53 Å². The quantitative estimate of drug-likeness (QED) is 0.263. The third-order valence-electron chi connectivity index (χ3n) is 2.02. The number of aldehydes is 1. The van der Waals surface area contributed by atoms with Crippen LogP contribution >= 0.6 is 0 Å². The highest BCUT2D eigenvalue weighted by molar-refractivity contribution is 5.65. The molecule has 0 saturated carbocycles. The smallest absolute Gasteiger partial charge is 0.302 e. The number of hydrogen-bond donors (Lipinski definition) is 0. The fourth-order valence-electron chi connectivity index (χ4n) is 1.25. The van der Waals surface area contributed by atoms with E-state index in [2.05, 4.69) is 13.2 Å². The Kier molecular flexibility index (Phi) is 17.6. The lowest BCUT2D eigenvalue weighted by atomic mass is 10.1. The lowest BCUT2D eigenvalue weighted by Gasteiger charge is -2.01. The number of carbonyl (C=O) groups is 2. The first kappa shape index (κ1) is 17.3. The van der Waals surface area contributed by atoms with E-state index in [9.17, 15) is 9.59 Å². The van der Waals surface area contributed by atoms with Crippen molar-refractivity contribution >= 4 is 12.3 Å². The molecule has 0 aliphatic carbocycles. The first-order chi connectivity index (χ1) is 7.77. The van der Waals surface area contributed by atoms with Crippen molar-refractivity contribution in [1.82, 2.24) is 0 Å². The van der Waals surface area contributed by atoms with E-state index in [1.807, 2.05) is 0 Å². The maximum absolute atomic E-state index is 10.4. The van der Waals surface area contributed by atoms with Crippen molar-refractivity contribution in [1.29, 1.82) is 0 Å². The summed E-state index contributed by atoms with van der Waals surface area (Å²) in [7, 11) is 0. The van der Waals surface area contributed by atoms with Gasteiger partial charge in [0.15, 0.2) is 0 Å². The summed E-state index contributed by atoms with van der Waals surface area (Å²) in [4.78, 5) is 20.4. The maximum Gasteiger partial charge on any atom is 0.302 e. The van der Waals surface area contributed by atoms with Crippen LogP contribution in [0.15, 0.2) is 13.2 Å². The van der Waals surface area contributed by atoms with Crippen LogP contribution in [0.5, 0.6) is 0 Å². The van der Waals surface area contributed by atoms with Crippen molar-refractivity contribution < 1.29 is 14.3 Å². The molecule has 0 spiro atoms. The van der Waals surface area contributed by atoms with Gasteiger partial charge >= 0.3 is 5.97 Å². The molecule has 0 N–H and O–H groups in total. The number of esters is 1. The molecule has 3 nitrogen and oxygen atoms in total. The Morgan fingerprint density at radius 3 is 2.06 bits per heavy atom. The highest BCUT2D eigenvalue weighted by Crippen LogP contribution is 2.06. The van der Waals surface area contributed by atoms with Gasteiger partial charge in [0.2, 0.25) is 0 Å². The lowest BCUT2D eigenvalue weighted by Crippen LogP contribution is -2.00. The van der Waals surface area contributed by atoms with Crippen LogP contribution in [-0.4, -0.2) is 18.9 Å². The first-order valence-corrected chi connectivity index (χ1v) is 5.84. The van der Waals surface area contributed by atoms with E-state index in [1.54, 1.807) is 0 Å². The maximum atomic E-state index is 10.4. The normalized spacial score (nSPS) is 8.81. The molecular formula is C13H24O3. The SMILES string of the molecule is C=C.CC(=O)OCCCCCCCCC=O. The van der Waals surface area contributed by atoms with E-state index >= 15 is 0 Å². The zero-order valence-electron chi connectivity index (χ0n) is 10.4. The van der Waals surface area contributed by atoms with Crippen LogP contribution in [0.4, 0.5) is 0 Å². The highest BCUT2D eigenvalue weighted by atomic mass is 16.5. The molecule has 0 aromatic rings. The van der Waals surface area contributed by atoms with Gasteiger partial charge in [-0.05, 0) is 12.8 Å². The summed E-state index contributed by atoms with van der Waals surface area (Å²) in [6, 6.07) is 0. The van der Waals surface area contributed by atoms with Gasteiger partial charge in [0.25, 0.3) is 0 Å². The molecule has 0 bridgehead atoms. The molecule has 0 fully saturated rings. The summed E-state index contributed by atoms with van der Waals surface area (Å²) in [5.41, 5.74) is 0. The molecule has 16 heavy (non-hydrogen) atoms. The summed E-state index contributed by atoms with van der Waals surface area (Å²) in [5, 5.41) is 0. The van der Waals surface area contributed by atoms with Crippen molar-refractivity contribution in [3.05, 3.63) is 13.2 Å². The summed E-state index contributed by atoms with van der Waals surface area (Å²) in [6.45, 7) is 7.98. The molecule has 0 unspecified atom stereocenters. The van der Waals surface area contributed by atoms with Gasteiger partial charge in [0, 0.05) is 13.3 Å². The molecule has 0 aliphatic rings. The minimum absolute atomic E-state index is 0.198. The molecule has 0 rings (SSSR count). The van der Waals surface area contributed by atoms with E-state index in [4.69, 9.17) is 4.74 Å². The third-order valence-corrected chi connectivity index (χ3v) is 2.02. The van der Waals surface area contributed by atoms with Crippen LogP contribution in [-0.2, 0) is 14.3 Å². The fourth-order valence-corrected chi connectivity index (χ4v) is 1.25. The molecule has 0 heterocycles. The van der Waals surface area contributed by atoms with Gasteiger partial charge in [-0.1, -0.05) is 25.7 Å². The molecule has 3 heteroatoms. The Labute approximate surface area is 98.9 Å². The highest BCUT2D eigenvalue weighted by Gasteiger charge is 1.93. The fraction of sp³-hybridized carbons (Fsp3) is 0.692. The summed E-state index contributed by atoms with van der Waals surface area (Å²) >= 11 is 0. The standard InChI is InChI=1S/C11H20O3.C2H4/c1-11(13)14-10-8-6-4-2-3-5-7-9-12;1-2/h9H,2-8,10H2,1H3;1-2H2. The second-order valence-electron chi connectivity index (χ2n) is 3.42. The van der Waals surface area contributed by atoms with E-state index in [0.29, 0.717) is 13.0 Å². The van der Waals surface area contributed by atoms with E-state index in [-0.39, 0.29) is 5.97 Å². The zero-order chi connectivity index (χ0) is 12.6. The number of ether oxygens (including phenoxy) is 1. The molecule has 94 valence electrons. The van der Waals surface area contributed by atoms with E-state index < -0.39 is 0 Å². The van der Waals surface area contributed by atoms with Crippen LogP contribution in [0.25, 0.3) is 0 Å². The Morgan fingerprint density at radius 1 is 1.06 bits per heavy atom. The molecular weight excluding hydrogens is 204 g/mol.